The van der Waals surface area contributed by atoms with E-state index in [1.54, 1.807) is 0 Å². The van der Waals surface area contributed by atoms with Gasteiger partial charge in [-0.3, -0.25) is 18.6 Å². The van der Waals surface area contributed by atoms with Crippen LogP contribution in [-0.2, 0) is 32.7 Å². The largest absolute Gasteiger partial charge is 0.472 e. The van der Waals surface area contributed by atoms with Crippen LogP contribution in [0.2, 0.25) is 0 Å². The van der Waals surface area contributed by atoms with Crippen LogP contribution in [0.5, 0.6) is 0 Å². The predicted octanol–water partition coefficient (Wildman–Crippen LogP) is 8.39. The van der Waals surface area contributed by atoms with Crippen LogP contribution < -0.4 is 0 Å². The second-order valence-electron chi connectivity index (χ2n) is 15.5. The quantitative estimate of drug-likeness (QED) is 0.0152. The summed E-state index contributed by atoms with van der Waals surface area (Å²) in [5, 5.41) is 50.1. The molecule has 1 saturated carbocycles. The minimum atomic E-state index is -5.13. The van der Waals surface area contributed by atoms with Gasteiger partial charge in [-0.1, -0.05) is 133 Å². The Balaban J connectivity index is 2.51. The maximum Gasteiger partial charge on any atom is 0.472 e. The summed E-state index contributed by atoms with van der Waals surface area (Å²) < 4.78 is 33.4. The molecule has 0 aromatic carbocycles. The fraction of sp³-hybridized carbons (Fsp3) is 0.778. The van der Waals surface area contributed by atoms with E-state index in [2.05, 4.69) is 62.5 Å². The highest BCUT2D eigenvalue weighted by atomic mass is 31.2. The van der Waals surface area contributed by atoms with Gasteiger partial charge in [0.25, 0.3) is 0 Å². The van der Waals surface area contributed by atoms with E-state index in [9.17, 15) is 44.6 Å². The summed E-state index contributed by atoms with van der Waals surface area (Å²) in [5.74, 6) is -1.15. The van der Waals surface area contributed by atoms with Crippen LogP contribution in [0.1, 0.15) is 168 Å². The number of phosphoric acid groups is 1. The third kappa shape index (κ3) is 28.1. The second-order valence-corrected chi connectivity index (χ2v) is 16.9. The predicted molar refractivity (Wildman–Crippen MR) is 230 cm³/mol. The smallest absolute Gasteiger partial charge is 0.462 e. The molecule has 1 aliphatic carbocycles. The SMILES string of the molecule is CCCC/C=C/CCCCCCCCCCCC(=O)OC[C@H](COP(=O)(O)OC1C(O)C(O)C(O)[C@@H](O)C1O)OC(=O)CCCC/C=C/C/C=C/C/C=C/CCCCC. The number of esters is 2. The lowest BCUT2D eigenvalue weighted by Crippen LogP contribution is -2.64. The molecule has 0 aromatic heterocycles. The van der Waals surface area contributed by atoms with Crippen molar-refractivity contribution in [2.24, 2.45) is 0 Å². The van der Waals surface area contributed by atoms with Crippen molar-refractivity contribution in [3.8, 4) is 0 Å². The van der Waals surface area contributed by atoms with Gasteiger partial charge in [-0.05, 0) is 70.6 Å². The Hall–Kier alpha value is -2.19. The van der Waals surface area contributed by atoms with E-state index in [1.807, 2.05) is 0 Å². The first-order valence-electron chi connectivity index (χ1n) is 22.4. The molecule has 0 aliphatic heterocycles. The summed E-state index contributed by atoms with van der Waals surface area (Å²) in [7, 11) is -5.13. The van der Waals surface area contributed by atoms with Gasteiger partial charge in [-0.15, -0.1) is 0 Å². The molecule has 1 fully saturated rings. The third-order valence-corrected chi connectivity index (χ3v) is 11.1. The molecule has 0 saturated heterocycles. The Kier molecular flexibility index (Phi) is 32.9. The number of aliphatic hydroxyl groups excluding tert-OH is 5. The molecule has 6 unspecified atom stereocenters. The molecule has 13 nitrogen and oxygen atoms in total. The summed E-state index contributed by atoms with van der Waals surface area (Å²) in [6.45, 7) is 3.20. The maximum absolute atomic E-state index is 12.8. The molecule has 6 N–H and O–H groups in total. The number of carbonyl (C=O) groups is 2. The Labute approximate surface area is 354 Å². The number of phosphoric ester groups is 1. The van der Waals surface area contributed by atoms with Gasteiger partial charge in [-0.2, -0.15) is 0 Å². The molecule has 14 heteroatoms. The molecule has 1 rings (SSSR count). The summed E-state index contributed by atoms with van der Waals surface area (Å²) in [5.41, 5.74) is 0. The minimum absolute atomic E-state index is 0.0467. The molecule has 0 bridgehead atoms. The van der Waals surface area contributed by atoms with Crippen LogP contribution in [0.4, 0.5) is 0 Å². The topological polar surface area (TPSA) is 210 Å². The number of unbranched alkanes of at least 4 members (excludes halogenated alkanes) is 16. The minimum Gasteiger partial charge on any atom is -0.462 e. The lowest BCUT2D eigenvalue weighted by Gasteiger charge is -2.41. The fourth-order valence-electron chi connectivity index (χ4n) is 6.45. The monoisotopic (exact) mass is 859 g/mol. The molecular formula is C45H79O13P. The Morgan fingerprint density at radius 1 is 0.525 bits per heavy atom. The Bertz CT molecular complexity index is 1220. The summed E-state index contributed by atoms with van der Waals surface area (Å²) in [4.78, 5) is 35.6. The molecule has 342 valence electrons. The summed E-state index contributed by atoms with van der Waals surface area (Å²) in [6, 6.07) is 0. The van der Waals surface area contributed by atoms with Crippen molar-refractivity contribution in [3.05, 3.63) is 48.6 Å². The van der Waals surface area contributed by atoms with Crippen molar-refractivity contribution in [2.75, 3.05) is 13.2 Å². The highest BCUT2D eigenvalue weighted by Crippen LogP contribution is 2.47. The van der Waals surface area contributed by atoms with Crippen LogP contribution in [0.15, 0.2) is 48.6 Å². The normalized spacial score (nSPS) is 22.8. The molecule has 0 aromatic rings. The van der Waals surface area contributed by atoms with Gasteiger partial charge in [-0.25, -0.2) is 4.57 Å². The first-order chi connectivity index (χ1) is 28.4. The lowest BCUT2D eigenvalue weighted by molar-refractivity contribution is -0.220. The van der Waals surface area contributed by atoms with Gasteiger partial charge < -0.3 is 39.9 Å². The third-order valence-electron chi connectivity index (χ3n) is 10.1. The molecule has 59 heavy (non-hydrogen) atoms. The molecule has 0 amide bonds. The molecule has 8 atom stereocenters. The molecule has 0 heterocycles. The first kappa shape index (κ1) is 54.8. The van der Waals surface area contributed by atoms with Crippen LogP contribution in [0.3, 0.4) is 0 Å². The van der Waals surface area contributed by atoms with Gasteiger partial charge in [0, 0.05) is 12.8 Å². The van der Waals surface area contributed by atoms with Crippen molar-refractivity contribution < 1.29 is 63.1 Å². The Morgan fingerprint density at radius 3 is 1.49 bits per heavy atom. The van der Waals surface area contributed by atoms with E-state index in [-0.39, 0.29) is 12.8 Å². The molecular weight excluding hydrogens is 779 g/mol. The van der Waals surface area contributed by atoms with Gasteiger partial charge in [0.2, 0.25) is 0 Å². The van der Waals surface area contributed by atoms with Gasteiger partial charge in [0.15, 0.2) is 6.10 Å². The second kappa shape index (κ2) is 35.4. The Morgan fingerprint density at radius 2 is 0.932 bits per heavy atom. The van der Waals surface area contributed by atoms with Crippen LogP contribution in [-0.4, -0.2) is 98.3 Å². The van der Waals surface area contributed by atoms with Gasteiger partial charge in [0.05, 0.1) is 6.61 Å². The zero-order chi connectivity index (χ0) is 43.6. The van der Waals surface area contributed by atoms with E-state index in [0.717, 1.165) is 64.2 Å². The standard InChI is InChI=1S/C45H79O13P/c1-3-5-7-9-11-13-15-17-19-21-23-25-27-29-31-33-38(46)55-35-37(36-56-59(53,54)58-45-43(51)41(49)40(48)42(50)44(45)52)57-39(47)34-32-30-28-26-24-22-20-18-16-14-12-10-8-6-4-2/h9,11-12,14,18,20,24,26,37,40-45,48-52H,3-8,10,13,15-17,19,21-23,25,27-36H2,1-2H3,(H,53,54)/b11-9+,14-12+,20-18+,26-24+/t37-,40?,41-,42?,43?,44?,45?/m1/s1. The van der Waals surface area contributed by atoms with Crippen molar-refractivity contribution >= 4 is 19.8 Å². The summed E-state index contributed by atoms with van der Waals surface area (Å²) in [6.07, 6.45) is 27.4. The van der Waals surface area contributed by atoms with E-state index in [0.29, 0.717) is 12.8 Å². The van der Waals surface area contributed by atoms with E-state index in [1.165, 1.54) is 64.2 Å². The highest BCUT2D eigenvalue weighted by molar-refractivity contribution is 7.47. The molecule has 1 aliphatic rings. The van der Waals surface area contributed by atoms with Crippen molar-refractivity contribution in [1.29, 1.82) is 0 Å². The number of allylic oxidation sites excluding steroid dienone is 8. The van der Waals surface area contributed by atoms with E-state index >= 15 is 0 Å². The lowest BCUT2D eigenvalue weighted by atomic mass is 9.85. The zero-order valence-corrected chi connectivity index (χ0v) is 36.9. The van der Waals surface area contributed by atoms with Crippen molar-refractivity contribution in [2.45, 2.75) is 211 Å². The van der Waals surface area contributed by atoms with Crippen LogP contribution in [0.25, 0.3) is 0 Å². The van der Waals surface area contributed by atoms with E-state index < -0.39 is 75.7 Å². The maximum atomic E-state index is 12.8. The van der Waals surface area contributed by atoms with E-state index in [4.69, 9.17) is 18.5 Å². The number of carbonyl (C=O) groups excluding carboxylic acids is 2. The van der Waals surface area contributed by atoms with Gasteiger partial charge >= 0.3 is 19.8 Å². The van der Waals surface area contributed by atoms with Crippen molar-refractivity contribution in [3.63, 3.8) is 0 Å². The van der Waals surface area contributed by atoms with Gasteiger partial charge in [0.1, 0.15) is 43.2 Å². The number of hydrogen-bond acceptors (Lipinski definition) is 12. The van der Waals surface area contributed by atoms with Crippen LogP contribution in [0, 0.1) is 0 Å². The molecule has 0 spiro atoms. The highest BCUT2D eigenvalue weighted by Gasteiger charge is 2.51. The van der Waals surface area contributed by atoms with Crippen molar-refractivity contribution in [1.82, 2.24) is 0 Å². The number of hydrogen-bond donors (Lipinski definition) is 6. The average molecular weight is 859 g/mol. The zero-order valence-electron chi connectivity index (χ0n) is 36.0. The summed E-state index contributed by atoms with van der Waals surface area (Å²) >= 11 is 0. The molecule has 0 radical (unpaired) electrons. The average Bonchev–Trinajstić information content (AvgIpc) is 3.21. The fourth-order valence-corrected chi connectivity index (χ4v) is 7.42. The number of aliphatic hydroxyl groups is 5. The number of ether oxygens (including phenoxy) is 2. The first-order valence-corrected chi connectivity index (χ1v) is 23.9. The van der Waals surface area contributed by atoms with Crippen LogP contribution >= 0.6 is 7.82 Å². The number of rotatable bonds is 36.